The van der Waals surface area contributed by atoms with E-state index in [4.69, 9.17) is 0 Å². The van der Waals surface area contributed by atoms with E-state index in [0.29, 0.717) is 11.8 Å². The molecule has 2 heteroatoms. The van der Waals surface area contributed by atoms with Crippen LogP contribution in [0.15, 0.2) is 24.3 Å². The van der Waals surface area contributed by atoms with Gasteiger partial charge in [0, 0.05) is 0 Å². The topological polar surface area (TPSA) is 12.0 Å². The normalized spacial score (nSPS) is 27.4. The molecule has 2 rings (SSSR count). The van der Waals surface area contributed by atoms with Gasteiger partial charge in [0.05, 0.1) is 0 Å². The zero-order chi connectivity index (χ0) is 13.7. The van der Waals surface area contributed by atoms with Crippen LogP contribution in [0.3, 0.4) is 0 Å². The van der Waals surface area contributed by atoms with Crippen LogP contribution in [0, 0.1) is 17.7 Å². The zero-order valence-corrected chi connectivity index (χ0v) is 12.2. The van der Waals surface area contributed by atoms with Crippen LogP contribution >= 0.6 is 0 Å². The van der Waals surface area contributed by atoms with Crippen molar-refractivity contribution in [3.05, 3.63) is 35.6 Å². The molecular formula is C17H26FN. The van der Waals surface area contributed by atoms with E-state index in [2.05, 4.69) is 25.2 Å². The number of rotatable bonds is 5. The Balaban J connectivity index is 2.07. The second kappa shape index (κ2) is 7.04. The van der Waals surface area contributed by atoms with Crippen molar-refractivity contribution in [2.24, 2.45) is 11.8 Å². The van der Waals surface area contributed by atoms with Gasteiger partial charge in [0.2, 0.25) is 0 Å². The van der Waals surface area contributed by atoms with Crippen molar-refractivity contribution >= 4 is 0 Å². The summed E-state index contributed by atoms with van der Waals surface area (Å²) in [7, 11) is 0. The lowest BCUT2D eigenvalue weighted by Gasteiger charge is -2.35. The molecule has 1 saturated carbocycles. The van der Waals surface area contributed by atoms with Gasteiger partial charge in [-0.05, 0) is 67.8 Å². The van der Waals surface area contributed by atoms with Crippen molar-refractivity contribution < 1.29 is 4.39 Å². The Morgan fingerprint density at radius 3 is 2.89 bits per heavy atom. The van der Waals surface area contributed by atoms with Crippen molar-refractivity contribution in [3.63, 3.8) is 0 Å². The third-order valence-corrected chi connectivity index (χ3v) is 4.37. The Kier molecular flexibility index (Phi) is 5.38. The van der Waals surface area contributed by atoms with Gasteiger partial charge in [-0.3, -0.25) is 0 Å². The number of hydrogen-bond donors (Lipinski definition) is 1. The molecule has 1 aromatic rings. The number of benzene rings is 1. The van der Waals surface area contributed by atoms with E-state index in [1.807, 2.05) is 6.07 Å². The zero-order valence-electron chi connectivity index (χ0n) is 12.2. The molecular weight excluding hydrogens is 237 g/mol. The Bertz CT molecular complexity index is 391. The standard InChI is InChI=1S/C17H26FN/c1-3-9-19-12-15-8-7-13(2)10-17(15)14-5-4-6-16(18)11-14/h4-6,11,13,15,17,19H,3,7-10,12H2,1-2H3. The van der Waals surface area contributed by atoms with Gasteiger partial charge in [0.15, 0.2) is 0 Å². The summed E-state index contributed by atoms with van der Waals surface area (Å²) in [5.41, 5.74) is 1.19. The molecule has 1 N–H and O–H groups in total. The van der Waals surface area contributed by atoms with Crippen LogP contribution in [-0.2, 0) is 0 Å². The van der Waals surface area contributed by atoms with E-state index < -0.39 is 0 Å². The van der Waals surface area contributed by atoms with Crippen molar-refractivity contribution in [2.75, 3.05) is 13.1 Å². The first-order chi connectivity index (χ1) is 9.20. The Hall–Kier alpha value is -0.890. The molecule has 0 spiro atoms. The molecule has 3 unspecified atom stereocenters. The van der Waals surface area contributed by atoms with Crippen molar-refractivity contribution in [2.45, 2.75) is 45.4 Å². The van der Waals surface area contributed by atoms with Gasteiger partial charge in [-0.25, -0.2) is 4.39 Å². The molecule has 1 fully saturated rings. The molecule has 0 aromatic heterocycles. The van der Waals surface area contributed by atoms with Crippen LogP contribution in [0.4, 0.5) is 4.39 Å². The van der Waals surface area contributed by atoms with Crippen LogP contribution in [0.5, 0.6) is 0 Å². The number of halogens is 1. The summed E-state index contributed by atoms with van der Waals surface area (Å²) in [6.45, 7) is 6.67. The predicted molar refractivity (Wildman–Crippen MR) is 78.8 cm³/mol. The molecule has 1 aliphatic carbocycles. The monoisotopic (exact) mass is 263 g/mol. The van der Waals surface area contributed by atoms with Crippen LogP contribution < -0.4 is 5.32 Å². The van der Waals surface area contributed by atoms with Gasteiger partial charge in [-0.15, -0.1) is 0 Å². The quantitative estimate of drug-likeness (QED) is 0.779. The van der Waals surface area contributed by atoms with Gasteiger partial charge in [-0.2, -0.15) is 0 Å². The molecule has 0 aliphatic heterocycles. The maximum Gasteiger partial charge on any atom is 0.123 e. The van der Waals surface area contributed by atoms with Gasteiger partial charge >= 0.3 is 0 Å². The summed E-state index contributed by atoms with van der Waals surface area (Å²) in [5.74, 6) is 1.83. The van der Waals surface area contributed by atoms with Crippen LogP contribution in [0.1, 0.15) is 51.0 Å². The highest BCUT2D eigenvalue weighted by molar-refractivity contribution is 5.22. The van der Waals surface area contributed by atoms with E-state index in [0.717, 1.165) is 19.0 Å². The van der Waals surface area contributed by atoms with Gasteiger partial charge in [0.1, 0.15) is 5.82 Å². The van der Waals surface area contributed by atoms with E-state index in [-0.39, 0.29) is 5.82 Å². The van der Waals surface area contributed by atoms with Crippen molar-refractivity contribution in [1.82, 2.24) is 5.32 Å². The summed E-state index contributed by atoms with van der Waals surface area (Å²) in [6, 6.07) is 7.22. The van der Waals surface area contributed by atoms with Crippen molar-refractivity contribution in [3.8, 4) is 0 Å². The highest BCUT2D eigenvalue weighted by Gasteiger charge is 2.29. The molecule has 0 radical (unpaired) electrons. The fourth-order valence-corrected chi connectivity index (χ4v) is 3.30. The lowest BCUT2D eigenvalue weighted by molar-refractivity contribution is 0.241. The predicted octanol–water partition coefficient (Wildman–Crippen LogP) is 4.35. The molecule has 0 heterocycles. The first kappa shape index (κ1) is 14.5. The number of nitrogens with one attached hydrogen (secondary N) is 1. The third kappa shape index (κ3) is 4.04. The second-order valence-corrected chi connectivity index (χ2v) is 6.04. The minimum atomic E-state index is -0.101. The maximum atomic E-state index is 13.4. The molecule has 19 heavy (non-hydrogen) atoms. The summed E-state index contributed by atoms with van der Waals surface area (Å²) in [6.07, 6.45) is 4.94. The summed E-state index contributed by atoms with van der Waals surface area (Å²) in [4.78, 5) is 0. The summed E-state index contributed by atoms with van der Waals surface area (Å²) >= 11 is 0. The first-order valence-corrected chi connectivity index (χ1v) is 7.67. The van der Waals surface area contributed by atoms with Gasteiger partial charge < -0.3 is 5.32 Å². The minimum absolute atomic E-state index is 0.101. The van der Waals surface area contributed by atoms with Crippen LogP contribution in [-0.4, -0.2) is 13.1 Å². The van der Waals surface area contributed by atoms with Crippen LogP contribution in [0.25, 0.3) is 0 Å². The van der Waals surface area contributed by atoms with Gasteiger partial charge in [-0.1, -0.05) is 32.4 Å². The van der Waals surface area contributed by atoms with E-state index >= 15 is 0 Å². The average molecular weight is 263 g/mol. The Morgan fingerprint density at radius 1 is 1.32 bits per heavy atom. The summed E-state index contributed by atoms with van der Waals surface area (Å²) in [5, 5.41) is 3.54. The van der Waals surface area contributed by atoms with E-state index in [9.17, 15) is 4.39 Å². The minimum Gasteiger partial charge on any atom is -0.316 e. The van der Waals surface area contributed by atoms with Gasteiger partial charge in [0.25, 0.3) is 0 Å². The highest BCUT2D eigenvalue weighted by Crippen LogP contribution is 2.40. The molecule has 3 atom stereocenters. The largest absolute Gasteiger partial charge is 0.316 e. The molecule has 0 saturated heterocycles. The van der Waals surface area contributed by atoms with Crippen LogP contribution in [0.2, 0.25) is 0 Å². The first-order valence-electron chi connectivity index (χ1n) is 7.67. The molecule has 0 bridgehead atoms. The summed E-state index contributed by atoms with van der Waals surface area (Å²) < 4.78 is 13.4. The second-order valence-electron chi connectivity index (χ2n) is 6.04. The third-order valence-electron chi connectivity index (χ3n) is 4.37. The van der Waals surface area contributed by atoms with E-state index in [1.165, 1.54) is 31.2 Å². The molecule has 106 valence electrons. The molecule has 1 nitrogen and oxygen atoms in total. The average Bonchev–Trinajstić information content (AvgIpc) is 2.40. The Morgan fingerprint density at radius 2 is 2.16 bits per heavy atom. The molecule has 1 aromatic carbocycles. The molecule has 1 aliphatic rings. The SMILES string of the molecule is CCCNCC1CCC(C)CC1c1cccc(F)c1. The lowest BCUT2D eigenvalue weighted by Crippen LogP contribution is -2.32. The Labute approximate surface area is 116 Å². The lowest BCUT2D eigenvalue weighted by atomic mass is 9.71. The number of hydrogen-bond acceptors (Lipinski definition) is 1. The highest BCUT2D eigenvalue weighted by atomic mass is 19.1. The fourth-order valence-electron chi connectivity index (χ4n) is 3.30. The fraction of sp³-hybridized carbons (Fsp3) is 0.647. The molecule has 0 amide bonds. The van der Waals surface area contributed by atoms with E-state index in [1.54, 1.807) is 12.1 Å². The smallest absolute Gasteiger partial charge is 0.123 e. The van der Waals surface area contributed by atoms with Crippen molar-refractivity contribution in [1.29, 1.82) is 0 Å². The maximum absolute atomic E-state index is 13.4.